The third-order valence-electron chi connectivity index (χ3n) is 2.76. The lowest BCUT2D eigenvalue weighted by Gasteiger charge is -2.17. The molecule has 0 aliphatic rings. The summed E-state index contributed by atoms with van der Waals surface area (Å²) in [5.74, 6) is 0.0724. The molecule has 18 heavy (non-hydrogen) atoms. The van der Waals surface area contributed by atoms with E-state index in [9.17, 15) is 10.2 Å². The van der Waals surface area contributed by atoms with E-state index in [-0.39, 0.29) is 25.0 Å². The number of aryl methyl sites for hydroxylation is 1. The van der Waals surface area contributed by atoms with Gasteiger partial charge in [-0.05, 0) is 6.92 Å². The fourth-order valence-electron chi connectivity index (χ4n) is 1.64. The molecule has 1 unspecified atom stereocenters. The summed E-state index contributed by atoms with van der Waals surface area (Å²) in [7, 11) is 1.55. The van der Waals surface area contributed by atoms with Crippen LogP contribution in [0.5, 0.6) is 5.75 Å². The summed E-state index contributed by atoms with van der Waals surface area (Å²) < 4.78 is 4.95. The average Bonchev–Trinajstić information content (AvgIpc) is 2.38. The second-order valence-corrected chi connectivity index (χ2v) is 4.07. The Balaban J connectivity index is 2.79. The van der Waals surface area contributed by atoms with Gasteiger partial charge in [0.1, 0.15) is 5.75 Å². The van der Waals surface area contributed by atoms with Crippen molar-refractivity contribution in [3.63, 3.8) is 0 Å². The van der Waals surface area contributed by atoms with Crippen LogP contribution in [0, 0.1) is 6.92 Å². The molecule has 0 amide bonds. The highest BCUT2D eigenvalue weighted by Crippen LogP contribution is 2.23. The minimum atomic E-state index is -0.214. The third-order valence-corrected chi connectivity index (χ3v) is 2.76. The van der Waals surface area contributed by atoms with E-state index in [1.54, 1.807) is 14.0 Å². The number of hydrogen-bond acceptors (Lipinski definition) is 6. The van der Waals surface area contributed by atoms with Gasteiger partial charge >= 0.3 is 0 Å². The molecule has 0 spiro atoms. The van der Waals surface area contributed by atoms with E-state index < -0.39 is 0 Å². The summed E-state index contributed by atoms with van der Waals surface area (Å²) >= 11 is 0. The van der Waals surface area contributed by atoms with Gasteiger partial charge in [0.15, 0.2) is 0 Å². The Morgan fingerprint density at radius 3 is 2.72 bits per heavy atom. The lowest BCUT2D eigenvalue weighted by Crippen LogP contribution is -2.36. The summed E-state index contributed by atoms with van der Waals surface area (Å²) in [4.78, 5) is 3.98. The first-order valence-corrected chi connectivity index (χ1v) is 5.74. The Bertz CT molecular complexity index is 385. The molecule has 0 bridgehead atoms. The van der Waals surface area contributed by atoms with E-state index >= 15 is 0 Å². The van der Waals surface area contributed by atoms with Crippen molar-refractivity contribution < 1.29 is 20.1 Å². The number of pyridine rings is 1. The van der Waals surface area contributed by atoms with Crippen molar-refractivity contribution in [3.05, 3.63) is 23.0 Å². The SMILES string of the molecule is COCC(CO)NCc1c(CO)cnc(C)c1O. The molecular weight excluding hydrogens is 236 g/mol. The fraction of sp³-hybridized carbons (Fsp3) is 0.583. The van der Waals surface area contributed by atoms with Crippen molar-refractivity contribution in [3.8, 4) is 5.75 Å². The summed E-state index contributed by atoms with van der Waals surface area (Å²) in [6.45, 7) is 2.15. The van der Waals surface area contributed by atoms with Crippen LogP contribution in [0.2, 0.25) is 0 Å². The number of aliphatic hydroxyl groups excluding tert-OH is 2. The van der Waals surface area contributed by atoms with Gasteiger partial charge in [-0.1, -0.05) is 0 Å². The molecule has 0 saturated heterocycles. The summed E-state index contributed by atoms with van der Waals surface area (Å²) in [6.07, 6.45) is 1.54. The van der Waals surface area contributed by atoms with Crippen molar-refractivity contribution in [1.29, 1.82) is 0 Å². The Labute approximate surface area is 106 Å². The number of nitrogens with one attached hydrogen (secondary N) is 1. The molecule has 0 aliphatic heterocycles. The monoisotopic (exact) mass is 256 g/mol. The largest absolute Gasteiger partial charge is 0.506 e. The second kappa shape index (κ2) is 7.27. The summed E-state index contributed by atoms with van der Waals surface area (Å²) in [5, 5.41) is 31.3. The van der Waals surface area contributed by atoms with Gasteiger partial charge in [0, 0.05) is 31.0 Å². The Morgan fingerprint density at radius 1 is 1.44 bits per heavy atom. The number of hydrogen-bond donors (Lipinski definition) is 4. The molecule has 6 nitrogen and oxygen atoms in total. The predicted octanol–water partition coefficient (Wildman–Crippen LogP) is -0.315. The van der Waals surface area contributed by atoms with Crippen LogP contribution in [-0.4, -0.2) is 46.7 Å². The van der Waals surface area contributed by atoms with Crippen molar-refractivity contribution in [2.45, 2.75) is 26.1 Å². The number of nitrogens with zero attached hydrogens (tertiary/aromatic N) is 1. The lowest BCUT2D eigenvalue weighted by atomic mass is 10.1. The molecule has 1 atom stereocenters. The molecule has 0 aromatic carbocycles. The highest BCUT2D eigenvalue weighted by Gasteiger charge is 2.13. The average molecular weight is 256 g/mol. The van der Waals surface area contributed by atoms with Crippen LogP contribution in [0.25, 0.3) is 0 Å². The van der Waals surface area contributed by atoms with Gasteiger partial charge in [-0.25, -0.2) is 0 Å². The Hall–Kier alpha value is -1.21. The summed E-state index contributed by atoms with van der Waals surface area (Å²) in [6, 6.07) is -0.214. The first-order chi connectivity index (χ1) is 8.63. The molecule has 4 N–H and O–H groups in total. The van der Waals surface area contributed by atoms with E-state index in [2.05, 4.69) is 10.3 Å². The molecule has 0 fully saturated rings. The highest BCUT2D eigenvalue weighted by atomic mass is 16.5. The van der Waals surface area contributed by atoms with Gasteiger partial charge < -0.3 is 25.4 Å². The second-order valence-electron chi connectivity index (χ2n) is 4.07. The summed E-state index contributed by atoms with van der Waals surface area (Å²) in [5.41, 5.74) is 1.68. The van der Waals surface area contributed by atoms with E-state index in [1.807, 2.05) is 0 Å². The van der Waals surface area contributed by atoms with Crippen LogP contribution in [0.3, 0.4) is 0 Å². The molecule has 0 radical (unpaired) electrons. The van der Waals surface area contributed by atoms with Crippen LogP contribution >= 0.6 is 0 Å². The van der Waals surface area contributed by atoms with Crippen LogP contribution in [0.1, 0.15) is 16.8 Å². The van der Waals surface area contributed by atoms with Gasteiger partial charge in [0.25, 0.3) is 0 Å². The fourth-order valence-corrected chi connectivity index (χ4v) is 1.64. The van der Waals surface area contributed by atoms with E-state index in [0.29, 0.717) is 30.0 Å². The van der Waals surface area contributed by atoms with Gasteiger partial charge in [-0.15, -0.1) is 0 Å². The molecule has 6 heteroatoms. The smallest absolute Gasteiger partial charge is 0.141 e. The maximum absolute atomic E-state index is 9.92. The molecule has 0 saturated carbocycles. The maximum atomic E-state index is 9.92. The first-order valence-electron chi connectivity index (χ1n) is 5.74. The van der Waals surface area contributed by atoms with Gasteiger partial charge in [0.2, 0.25) is 0 Å². The standard InChI is InChI=1S/C12H20N2O4/c1-8-12(17)11(9(5-15)3-13-8)4-14-10(6-16)7-18-2/h3,10,14-17H,4-7H2,1-2H3. The number of rotatable bonds is 7. The van der Waals surface area contributed by atoms with Crippen molar-refractivity contribution in [2.24, 2.45) is 0 Å². The number of aromatic hydroxyl groups is 1. The van der Waals surface area contributed by atoms with E-state index in [1.165, 1.54) is 6.20 Å². The minimum absolute atomic E-state index is 0.0624. The number of aromatic nitrogens is 1. The van der Waals surface area contributed by atoms with Crippen molar-refractivity contribution >= 4 is 0 Å². The number of ether oxygens (including phenoxy) is 1. The van der Waals surface area contributed by atoms with Crippen LogP contribution < -0.4 is 5.32 Å². The van der Waals surface area contributed by atoms with Crippen LogP contribution in [0.4, 0.5) is 0 Å². The molecule has 0 aliphatic carbocycles. The zero-order valence-corrected chi connectivity index (χ0v) is 10.7. The van der Waals surface area contributed by atoms with Crippen LogP contribution in [-0.2, 0) is 17.9 Å². The highest BCUT2D eigenvalue weighted by molar-refractivity contribution is 5.40. The first kappa shape index (κ1) is 14.8. The van der Waals surface area contributed by atoms with E-state index in [4.69, 9.17) is 9.84 Å². The normalized spacial score (nSPS) is 12.7. The predicted molar refractivity (Wildman–Crippen MR) is 66.2 cm³/mol. The minimum Gasteiger partial charge on any atom is -0.506 e. The third kappa shape index (κ3) is 3.64. The zero-order valence-electron chi connectivity index (χ0n) is 10.7. The lowest BCUT2D eigenvalue weighted by molar-refractivity contribution is 0.127. The number of aliphatic hydroxyl groups is 2. The quantitative estimate of drug-likeness (QED) is 0.534. The molecule has 1 aromatic heterocycles. The molecule has 102 valence electrons. The topological polar surface area (TPSA) is 94.8 Å². The Kier molecular flexibility index (Phi) is 6.00. The molecule has 1 heterocycles. The van der Waals surface area contributed by atoms with Crippen molar-refractivity contribution in [1.82, 2.24) is 10.3 Å². The van der Waals surface area contributed by atoms with Gasteiger partial charge in [0.05, 0.1) is 31.6 Å². The van der Waals surface area contributed by atoms with Gasteiger partial charge in [-0.3, -0.25) is 4.98 Å². The van der Waals surface area contributed by atoms with Gasteiger partial charge in [-0.2, -0.15) is 0 Å². The number of methoxy groups -OCH3 is 1. The zero-order chi connectivity index (χ0) is 13.5. The Morgan fingerprint density at radius 2 is 2.17 bits per heavy atom. The van der Waals surface area contributed by atoms with E-state index in [0.717, 1.165) is 0 Å². The molecule has 1 rings (SSSR count). The van der Waals surface area contributed by atoms with Crippen molar-refractivity contribution in [2.75, 3.05) is 20.3 Å². The molecular formula is C12H20N2O4. The van der Waals surface area contributed by atoms with Crippen LogP contribution in [0.15, 0.2) is 6.20 Å². The maximum Gasteiger partial charge on any atom is 0.141 e. The molecule has 1 aromatic rings.